The van der Waals surface area contributed by atoms with Crippen LogP contribution in [0.5, 0.6) is 0 Å². The van der Waals surface area contributed by atoms with Crippen molar-refractivity contribution in [2.45, 2.75) is 25.3 Å². The molecule has 2 aromatic carbocycles. The fraction of sp³-hybridized carbons (Fsp3) is 0.200. The normalized spacial score (nSPS) is 11.1. The zero-order valence-electron chi connectivity index (χ0n) is 14.6. The molecule has 0 aliphatic heterocycles. The van der Waals surface area contributed by atoms with Crippen molar-refractivity contribution in [3.63, 3.8) is 0 Å². The van der Waals surface area contributed by atoms with Crippen molar-refractivity contribution < 1.29 is 9.59 Å². The van der Waals surface area contributed by atoms with Gasteiger partial charge in [0.1, 0.15) is 5.70 Å². The van der Waals surface area contributed by atoms with Crippen LogP contribution in [0.25, 0.3) is 6.08 Å². The van der Waals surface area contributed by atoms with Gasteiger partial charge in [0, 0.05) is 18.4 Å². The van der Waals surface area contributed by atoms with Gasteiger partial charge in [0.15, 0.2) is 0 Å². The summed E-state index contributed by atoms with van der Waals surface area (Å²) >= 11 is 1.67. The van der Waals surface area contributed by atoms with Gasteiger partial charge in [0.2, 0.25) is 5.91 Å². The monoisotopic (exact) mass is 354 g/mol. The van der Waals surface area contributed by atoms with E-state index < -0.39 is 0 Å². The lowest BCUT2D eigenvalue weighted by molar-refractivity contribution is -0.122. The zero-order chi connectivity index (χ0) is 18.2. The van der Waals surface area contributed by atoms with Crippen LogP contribution >= 0.6 is 11.8 Å². The number of rotatable bonds is 6. The highest BCUT2D eigenvalue weighted by Gasteiger charge is 2.11. The molecule has 0 heterocycles. The molecule has 2 rings (SSSR count). The second-order valence-electron chi connectivity index (χ2n) is 5.63. The number of benzene rings is 2. The number of hydrogen-bond donors (Lipinski definition) is 2. The van der Waals surface area contributed by atoms with Crippen LogP contribution in [0.15, 0.2) is 59.1 Å². The molecule has 0 aliphatic rings. The highest BCUT2D eigenvalue weighted by molar-refractivity contribution is 7.98. The van der Waals surface area contributed by atoms with Crippen molar-refractivity contribution in [1.82, 2.24) is 10.6 Å². The molecule has 0 saturated carbocycles. The first-order valence-corrected chi connectivity index (χ1v) is 9.18. The van der Waals surface area contributed by atoms with Crippen LogP contribution in [0.4, 0.5) is 0 Å². The molecule has 0 fully saturated rings. The SMILES string of the molecule is CSc1ccc(CNC(=O)/C(=C/c2ccccc2C)NC(C)=O)cc1. The molecular weight excluding hydrogens is 332 g/mol. The summed E-state index contributed by atoms with van der Waals surface area (Å²) in [6.07, 6.45) is 3.72. The molecule has 0 atom stereocenters. The fourth-order valence-corrected chi connectivity index (χ4v) is 2.68. The van der Waals surface area contributed by atoms with E-state index in [-0.39, 0.29) is 17.5 Å². The van der Waals surface area contributed by atoms with Crippen molar-refractivity contribution in [3.8, 4) is 0 Å². The van der Waals surface area contributed by atoms with Gasteiger partial charge in [-0.15, -0.1) is 11.8 Å². The van der Waals surface area contributed by atoms with E-state index in [9.17, 15) is 9.59 Å². The predicted molar refractivity (Wildman–Crippen MR) is 103 cm³/mol. The van der Waals surface area contributed by atoms with Gasteiger partial charge in [-0.3, -0.25) is 9.59 Å². The summed E-state index contributed by atoms with van der Waals surface area (Å²) in [6, 6.07) is 15.7. The van der Waals surface area contributed by atoms with Crippen LogP contribution in [0.2, 0.25) is 0 Å². The topological polar surface area (TPSA) is 58.2 Å². The van der Waals surface area contributed by atoms with Gasteiger partial charge < -0.3 is 10.6 Å². The third-order valence-corrected chi connectivity index (χ3v) is 4.40. The molecule has 0 unspecified atom stereocenters. The van der Waals surface area contributed by atoms with E-state index in [2.05, 4.69) is 10.6 Å². The lowest BCUT2D eigenvalue weighted by Crippen LogP contribution is -2.33. The minimum atomic E-state index is -0.313. The number of thioether (sulfide) groups is 1. The molecule has 0 spiro atoms. The third-order valence-electron chi connectivity index (χ3n) is 3.66. The zero-order valence-corrected chi connectivity index (χ0v) is 15.4. The fourth-order valence-electron chi connectivity index (χ4n) is 2.27. The largest absolute Gasteiger partial charge is 0.347 e. The summed E-state index contributed by atoms with van der Waals surface area (Å²) in [7, 11) is 0. The maximum absolute atomic E-state index is 12.5. The number of hydrogen-bond acceptors (Lipinski definition) is 3. The molecule has 4 nitrogen and oxygen atoms in total. The van der Waals surface area contributed by atoms with Crippen LogP contribution in [-0.2, 0) is 16.1 Å². The van der Waals surface area contributed by atoms with Crippen molar-refractivity contribution in [2.75, 3.05) is 6.26 Å². The molecule has 130 valence electrons. The Balaban J connectivity index is 2.12. The first-order chi connectivity index (χ1) is 12.0. The summed E-state index contributed by atoms with van der Waals surface area (Å²) in [6.45, 7) is 3.75. The number of amides is 2. The summed E-state index contributed by atoms with van der Waals surface area (Å²) < 4.78 is 0. The number of carbonyl (C=O) groups excluding carboxylic acids is 2. The van der Waals surface area contributed by atoms with Crippen molar-refractivity contribution in [1.29, 1.82) is 0 Å². The molecular formula is C20H22N2O2S. The average molecular weight is 354 g/mol. The van der Waals surface area contributed by atoms with Crippen LogP contribution < -0.4 is 10.6 Å². The summed E-state index contributed by atoms with van der Waals surface area (Å²) in [4.78, 5) is 25.1. The van der Waals surface area contributed by atoms with Gasteiger partial charge in [-0.05, 0) is 48.1 Å². The Hall–Kier alpha value is -2.53. The Labute approximate surface area is 152 Å². The lowest BCUT2D eigenvalue weighted by atomic mass is 10.1. The molecule has 0 radical (unpaired) electrons. The van der Waals surface area contributed by atoms with E-state index in [1.54, 1.807) is 17.8 Å². The Bertz CT molecular complexity index is 783. The van der Waals surface area contributed by atoms with E-state index in [4.69, 9.17) is 0 Å². The summed E-state index contributed by atoms with van der Waals surface area (Å²) in [5, 5.41) is 5.47. The van der Waals surface area contributed by atoms with Crippen molar-refractivity contribution in [2.24, 2.45) is 0 Å². The number of aryl methyl sites for hydroxylation is 1. The molecule has 0 aliphatic carbocycles. The standard InChI is InChI=1S/C20H22N2O2S/c1-14-6-4-5-7-17(14)12-19(22-15(2)23)20(24)21-13-16-8-10-18(25-3)11-9-16/h4-12H,13H2,1-3H3,(H,21,24)(H,22,23)/b19-12-. The minimum absolute atomic E-state index is 0.238. The molecule has 0 bridgehead atoms. The van der Waals surface area contributed by atoms with Gasteiger partial charge in [-0.2, -0.15) is 0 Å². The van der Waals surface area contributed by atoms with E-state index in [0.717, 1.165) is 16.7 Å². The Morgan fingerprint density at radius 1 is 1.08 bits per heavy atom. The van der Waals surface area contributed by atoms with E-state index in [1.165, 1.54) is 11.8 Å². The maximum atomic E-state index is 12.5. The van der Waals surface area contributed by atoms with Crippen LogP contribution in [-0.4, -0.2) is 18.1 Å². The second kappa shape index (κ2) is 9.08. The smallest absolute Gasteiger partial charge is 0.268 e. The number of carbonyl (C=O) groups is 2. The highest BCUT2D eigenvalue weighted by Crippen LogP contribution is 2.15. The lowest BCUT2D eigenvalue weighted by Gasteiger charge is -2.11. The number of nitrogens with one attached hydrogen (secondary N) is 2. The first kappa shape index (κ1) is 18.8. The van der Waals surface area contributed by atoms with Crippen LogP contribution in [0, 0.1) is 6.92 Å². The van der Waals surface area contributed by atoms with Gasteiger partial charge in [0.25, 0.3) is 5.91 Å². The molecule has 0 saturated heterocycles. The maximum Gasteiger partial charge on any atom is 0.268 e. The van der Waals surface area contributed by atoms with Crippen molar-refractivity contribution in [3.05, 3.63) is 70.9 Å². The van der Waals surface area contributed by atoms with Gasteiger partial charge in [0.05, 0.1) is 0 Å². The molecule has 25 heavy (non-hydrogen) atoms. The molecule has 2 amide bonds. The third kappa shape index (κ3) is 5.80. The predicted octanol–water partition coefficient (Wildman–Crippen LogP) is 3.51. The van der Waals surface area contributed by atoms with E-state index in [1.807, 2.05) is 61.7 Å². The van der Waals surface area contributed by atoms with Gasteiger partial charge in [-0.25, -0.2) is 0 Å². The molecule has 2 aromatic rings. The Morgan fingerprint density at radius 3 is 2.36 bits per heavy atom. The van der Waals surface area contributed by atoms with Crippen LogP contribution in [0.1, 0.15) is 23.6 Å². The Morgan fingerprint density at radius 2 is 1.76 bits per heavy atom. The molecule has 2 N–H and O–H groups in total. The van der Waals surface area contributed by atoms with Gasteiger partial charge >= 0.3 is 0 Å². The average Bonchev–Trinajstić information content (AvgIpc) is 2.61. The summed E-state index contributed by atoms with van der Waals surface area (Å²) in [5.74, 6) is -0.591. The van der Waals surface area contributed by atoms with Gasteiger partial charge in [-0.1, -0.05) is 36.4 Å². The Kier molecular flexibility index (Phi) is 6.83. The minimum Gasteiger partial charge on any atom is -0.347 e. The summed E-state index contributed by atoms with van der Waals surface area (Å²) in [5.41, 5.74) is 3.17. The first-order valence-electron chi connectivity index (χ1n) is 7.95. The van der Waals surface area contributed by atoms with E-state index >= 15 is 0 Å². The molecule has 5 heteroatoms. The second-order valence-corrected chi connectivity index (χ2v) is 6.51. The quantitative estimate of drug-likeness (QED) is 0.616. The van der Waals surface area contributed by atoms with Crippen LogP contribution in [0.3, 0.4) is 0 Å². The van der Waals surface area contributed by atoms with Crippen molar-refractivity contribution >= 4 is 29.7 Å². The molecule has 0 aromatic heterocycles. The highest BCUT2D eigenvalue weighted by atomic mass is 32.2. The van der Waals surface area contributed by atoms with E-state index in [0.29, 0.717) is 6.54 Å².